The Morgan fingerprint density at radius 1 is 1.04 bits per heavy atom. The third kappa shape index (κ3) is 3.15. The monoisotopic (exact) mass is 375 g/mol. The van der Waals surface area contributed by atoms with Gasteiger partial charge < -0.3 is 23.9 Å². The van der Waals surface area contributed by atoms with Crippen LogP contribution in [0.25, 0.3) is 11.0 Å². The maximum atomic E-state index is 12.7. The molecule has 1 aromatic heterocycles. The van der Waals surface area contributed by atoms with Gasteiger partial charge in [0.05, 0.1) is 32.0 Å². The molecule has 3 aromatic rings. The molecule has 1 amide bonds. The molecule has 0 atom stereocenters. The molecule has 3 rings (SSSR count). The van der Waals surface area contributed by atoms with Crippen LogP contribution in [0.15, 0.2) is 34.7 Å². The van der Waals surface area contributed by atoms with E-state index in [1.807, 2.05) is 13.0 Å². The first-order valence-electron chi connectivity index (χ1n) is 7.78. The van der Waals surface area contributed by atoms with E-state index in [4.69, 9.17) is 30.2 Å². The molecule has 26 heavy (non-hydrogen) atoms. The van der Waals surface area contributed by atoms with Crippen molar-refractivity contribution < 1.29 is 23.4 Å². The van der Waals surface area contributed by atoms with Crippen molar-refractivity contribution in [1.82, 2.24) is 0 Å². The Balaban J connectivity index is 1.96. The molecule has 0 fully saturated rings. The smallest absolute Gasteiger partial charge is 0.291 e. The third-order valence-electron chi connectivity index (χ3n) is 4.07. The number of benzene rings is 2. The predicted molar refractivity (Wildman–Crippen MR) is 100 cm³/mol. The van der Waals surface area contributed by atoms with E-state index in [-0.39, 0.29) is 5.76 Å². The molecular weight excluding hydrogens is 358 g/mol. The zero-order valence-electron chi connectivity index (χ0n) is 14.8. The summed E-state index contributed by atoms with van der Waals surface area (Å²) >= 11 is 6.23. The predicted octanol–water partition coefficient (Wildman–Crippen LogP) is 4.67. The summed E-state index contributed by atoms with van der Waals surface area (Å²) in [6.45, 7) is 1.82. The molecule has 0 bridgehead atoms. The second kappa shape index (κ2) is 7.17. The van der Waals surface area contributed by atoms with Gasteiger partial charge in [0.15, 0.2) is 17.3 Å². The van der Waals surface area contributed by atoms with Crippen LogP contribution >= 0.6 is 11.6 Å². The fourth-order valence-corrected chi connectivity index (χ4v) is 2.87. The topological polar surface area (TPSA) is 69.9 Å². The highest BCUT2D eigenvalue weighted by Gasteiger charge is 2.20. The minimum Gasteiger partial charge on any atom is -0.497 e. The summed E-state index contributed by atoms with van der Waals surface area (Å²) in [7, 11) is 4.61. The van der Waals surface area contributed by atoms with Gasteiger partial charge in [-0.25, -0.2) is 0 Å². The van der Waals surface area contributed by atoms with Crippen molar-refractivity contribution in [3.63, 3.8) is 0 Å². The van der Waals surface area contributed by atoms with Crippen molar-refractivity contribution in [3.8, 4) is 17.2 Å². The SMILES string of the molecule is COc1ccc2oc(C(=O)Nc3cc(OC)c(OC)cc3Cl)c(C)c2c1. The molecule has 136 valence electrons. The molecule has 7 heteroatoms. The summed E-state index contributed by atoms with van der Waals surface area (Å²) in [6, 6.07) is 8.54. The standard InChI is InChI=1S/C19H18ClNO5/c1-10-12-7-11(23-2)5-6-15(12)26-18(10)19(22)21-14-9-17(25-4)16(24-3)8-13(14)20/h5-9H,1-4H3,(H,21,22). The summed E-state index contributed by atoms with van der Waals surface area (Å²) in [5, 5.41) is 3.89. The van der Waals surface area contributed by atoms with Crippen LogP contribution in [0, 0.1) is 6.92 Å². The van der Waals surface area contributed by atoms with Gasteiger partial charge in [0.1, 0.15) is 11.3 Å². The molecular formula is C19H18ClNO5. The van der Waals surface area contributed by atoms with Gasteiger partial charge in [-0.3, -0.25) is 4.79 Å². The van der Waals surface area contributed by atoms with E-state index in [1.165, 1.54) is 14.2 Å². The number of carbonyl (C=O) groups excluding carboxylic acids is 1. The third-order valence-corrected chi connectivity index (χ3v) is 4.38. The molecule has 2 aromatic carbocycles. The van der Waals surface area contributed by atoms with Gasteiger partial charge in [0.25, 0.3) is 5.91 Å². The van der Waals surface area contributed by atoms with Crippen LogP contribution < -0.4 is 19.5 Å². The first-order valence-corrected chi connectivity index (χ1v) is 8.16. The van der Waals surface area contributed by atoms with E-state index < -0.39 is 5.91 Å². The fraction of sp³-hybridized carbons (Fsp3) is 0.211. The van der Waals surface area contributed by atoms with Gasteiger partial charge in [-0.15, -0.1) is 0 Å². The zero-order chi connectivity index (χ0) is 18.8. The van der Waals surface area contributed by atoms with Crippen LogP contribution in [0.5, 0.6) is 17.2 Å². The highest BCUT2D eigenvalue weighted by molar-refractivity contribution is 6.34. The van der Waals surface area contributed by atoms with E-state index in [0.29, 0.717) is 39.1 Å². The number of amides is 1. The molecule has 6 nitrogen and oxygen atoms in total. The first-order chi connectivity index (χ1) is 12.5. The molecule has 0 aliphatic rings. The maximum absolute atomic E-state index is 12.7. The van der Waals surface area contributed by atoms with Crippen molar-refractivity contribution >= 4 is 34.2 Å². The van der Waals surface area contributed by atoms with E-state index in [0.717, 1.165) is 5.39 Å². The highest BCUT2D eigenvalue weighted by atomic mass is 35.5. The van der Waals surface area contributed by atoms with Crippen LogP contribution in [0.4, 0.5) is 5.69 Å². The maximum Gasteiger partial charge on any atom is 0.291 e. The second-order valence-electron chi connectivity index (χ2n) is 5.56. The van der Waals surface area contributed by atoms with Crippen LogP contribution in [0.2, 0.25) is 5.02 Å². The summed E-state index contributed by atoms with van der Waals surface area (Å²) < 4.78 is 21.4. The Hall–Kier alpha value is -2.86. The Morgan fingerprint density at radius 3 is 2.38 bits per heavy atom. The number of halogens is 1. The number of nitrogens with one attached hydrogen (secondary N) is 1. The lowest BCUT2D eigenvalue weighted by Gasteiger charge is -2.12. The number of carbonyl (C=O) groups is 1. The lowest BCUT2D eigenvalue weighted by atomic mass is 10.1. The van der Waals surface area contributed by atoms with Gasteiger partial charge in [-0.05, 0) is 25.1 Å². The number of hydrogen-bond acceptors (Lipinski definition) is 5. The van der Waals surface area contributed by atoms with E-state index in [2.05, 4.69) is 5.32 Å². The average molecular weight is 376 g/mol. The number of fused-ring (bicyclic) bond motifs is 1. The normalized spacial score (nSPS) is 10.7. The van der Waals surface area contributed by atoms with E-state index >= 15 is 0 Å². The summed E-state index contributed by atoms with van der Waals surface area (Å²) in [5.74, 6) is 1.42. The lowest BCUT2D eigenvalue weighted by Crippen LogP contribution is -2.12. The van der Waals surface area contributed by atoms with Crippen molar-refractivity contribution in [2.24, 2.45) is 0 Å². The van der Waals surface area contributed by atoms with Gasteiger partial charge in [0.2, 0.25) is 0 Å². The number of methoxy groups -OCH3 is 3. The minimum absolute atomic E-state index is 0.208. The van der Waals surface area contributed by atoms with E-state index in [1.54, 1.807) is 31.4 Å². The van der Waals surface area contributed by atoms with Gasteiger partial charge >= 0.3 is 0 Å². The van der Waals surface area contributed by atoms with Gasteiger partial charge in [-0.2, -0.15) is 0 Å². The summed E-state index contributed by atoms with van der Waals surface area (Å²) in [5.41, 5.74) is 1.71. The molecule has 0 aliphatic carbocycles. The van der Waals surface area contributed by atoms with Crippen molar-refractivity contribution in [1.29, 1.82) is 0 Å². The number of furan rings is 1. The molecule has 0 aliphatic heterocycles. The van der Waals surface area contributed by atoms with Gasteiger partial charge in [0, 0.05) is 23.1 Å². The number of anilines is 1. The molecule has 0 radical (unpaired) electrons. The van der Waals surface area contributed by atoms with E-state index in [9.17, 15) is 4.79 Å². The van der Waals surface area contributed by atoms with Crippen molar-refractivity contribution in [3.05, 3.63) is 46.7 Å². The zero-order valence-corrected chi connectivity index (χ0v) is 15.6. The Kier molecular flexibility index (Phi) is 4.95. The molecule has 0 unspecified atom stereocenters. The number of rotatable bonds is 5. The second-order valence-corrected chi connectivity index (χ2v) is 5.97. The lowest BCUT2D eigenvalue weighted by molar-refractivity contribution is 0.0998. The average Bonchev–Trinajstić information content (AvgIpc) is 2.99. The van der Waals surface area contributed by atoms with Crippen LogP contribution in [-0.2, 0) is 0 Å². The van der Waals surface area contributed by atoms with Crippen LogP contribution in [0.1, 0.15) is 16.1 Å². The molecule has 1 heterocycles. The molecule has 0 spiro atoms. The van der Waals surface area contributed by atoms with Crippen LogP contribution in [-0.4, -0.2) is 27.2 Å². The summed E-state index contributed by atoms with van der Waals surface area (Å²) in [4.78, 5) is 12.7. The Morgan fingerprint density at radius 2 is 1.73 bits per heavy atom. The van der Waals surface area contributed by atoms with Crippen molar-refractivity contribution in [2.75, 3.05) is 26.6 Å². The largest absolute Gasteiger partial charge is 0.497 e. The first kappa shape index (κ1) is 17.9. The Bertz CT molecular complexity index is 980. The Labute approximate surface area is 155 Å². The van der Waals surface area contributed by atoms with Crippen molar-refractivity contribution in [2.45, 2.75) is 6.92 Å². The number of ether oxygens (including phenoxy) is 3. The minimum atomic E-state index is -0.410. The highest BCUT2D eigenvalue weighted by Crippen LogP contribution is 2.36. The van der Waals surface area contributed by atoms with Gasteiger partial charge in [-0.1, -0.05) is 11.6 Å². The summed E-state index contributed by atoms with van der Waals surface area (Å²) in [6.07, 6.45) is 0. The molecule has 0 saturated carbocycles. The quantitative estimate of drug-likeness (QED) is 0.701. The fourth-order valence-electron chi connectivity index (χ4n) is 2.67. The number of hydrogen-bond donors (Lipinski definition) is 1. The number of aryl methyl sites for hydroxylation is 1. The molecule has 1 N–H and O–H groups in total. The van der Waals surface area contributed by atoms with Crippen LogP contribution in [0.3, 0.4) is 0 Å². The molecule has 0 saturated heterocycles.